The monoisotopic (exact) mass is 531 g/mol. The normalized spacial score (nSPS) is 15.2. The van der Waals surface area contributed by atoms with Crippen molar-refractivity contribution in [2.75, 3.05) is 12.4 Å². The van der Waals surface area contributed by atoms with Crippen molar-refractivity contribution < 1.29 is 14.6 Å². The number of carbonyl (C=O) groups is 1. The molecule has 0 spiro atoms. The van der Waals surface area contributed by atoms with Gasteiger partial charge in [0.05, 0.1) is 29.0 Å². The number of hydrogen-bond acceptors (Lipinski definition) is 6. The van der Waals surface area contributed by atoms with Crippen molar-refractivity contribution in [3.8, 4) is 11.5 Å². The minimum atomic E-state index is -0.705. The molecule has 4 aromatic rings. The molecule has 0 unspecified atom stereocenters. The van der Waals surface area contributed by atoms with Crippen LogP contribution >= 0.6 is 22.9 Å². The molecule has 1 aliphatic heterocycles. The number of ether oxygens (including phenoxy) is 1. The number of phenolic OH excluding ortho intramolecular Hbond substituents is 1. The number of nitrogens with zero attached hydrogens (tertiary/aromatic N) is 2. The van der Waals surface area contributed by atoms with E-state index < -0.39 is 6.04 Å². The number of hydrogen-bond donors (Lipinski definition) is 2. The zero-order valence-corrected chi connectivity index (χ0v) is 21.5. The molecule has 9 heteroatoms. The molecule has 3 aromatic carbocycles. The van der Waals surface area contributed by atoms with E-state index in [-0.39, 0.29) is 17.2 Å². The summed E-state index contributed by atoms with van der Waals surface area (Å²) in [5, 5.41) is 13.6. The SMILES string of the molecule is COc1ccc(/C=c2\sc3n(c2=O)[C@@H](c2ccc(Cl)cc2)C(C(=O)Nc2ccccc2)=C(C)N=3)cc1O. The summed E-state index contributed by atoms with van der Waals surface area (Å²) in [4.78, 5) is 32.4. The molecule has 1 atom stereocenters. The molecule has 2 heterocycles. The van der Waals surface area contributed by atoms with Gasteiger partial charge in [0.1, 0.15) is 0 Å². The van der Waals surface area contributed by atoms with E-state index in [1.54, 1.807) is 61.5 Å². The zero-order chi connectivity index (χ0) is 26.1. The highest BCUT2D eigenvalue weighted by molar-refractivity contribution is 7.07. The van der Waals surface area contributed by atoms with Crippen LogP contribution in [0, 0.1) is 0 Å². The van der Waals surface area contributed by atoms with Crippen molar-refractivity contribution in [1.82, 2.24) is 4.57 Å². The van der Waals surface area contributed by atoms with Gasteiger partial charge in [-0.3, -0.25) is 14.2 Å². The molecule has 7 nitrogen and oxygen atoms in total. The van der Waals surface area contributed by atoms with Gasteiger partial charge >= 0.3 is 0 Å². The Morgan fingerprint density at radius 3 is 2.54 bits per heavy atom. The first kappa shape index (κ1) is 24.5. The number of aromatic nitrogens is 1. The molecular formula is C28H22ClN3O4S. The zero-order valence-electron chi connectivity index (χ0n) is 19.9. The van der Waals surface area contributed by atoms with Crippen molar-refractivity contribution in [2.45, 2.75) is 13.0 Å². The van der Waals surface area contributed by atoms with Crippen molar-refractivity contribution in [2.24, 2.45) is 4.99 Å². The summed E-state index contributed by atoms with van der Waals surface area (Å²) >= 11 is 7.35. The third-order valence-corrected chi connectivity index (χ3v) is 7.22. The number of aromatic hydroxyl groups is 1. The number of anilines is 1. The smallest absolute Gasteiger partial charge is 0.271 e. The van der Waals surface area contributed by atoms with Crippen LogP contribution in [0.5, 0.6) is 11.5 Å². The lowest BCUT2D eigenvalue weighted by atomic mass is 9.95. The number of para-hydroxylation sites is 1. The molecule has 2 N–H and O–H groups in total. The Labute approximate surface area is 221 Å². The fraction of sp³-hybridized carbons (Fsp3) is 0.107. The highest BCUT2D eigenvalue weighted by atomic mass is 35.5. The quantitative estimate of drug-likeness (QED) is 0.403. The summed E-state index contributed by atoms with van der Waals surface area (Å²) in [6.07, 6.45) is 1.69. The Balaban J connectivity index is 1.66. The van der Waals surface area contributed by atoms with E-state index >= 15 is 0 Å². The second-order valence-corrected chi connectivity index (χ2v) is 9.83. The van der Waals surface area contributed by atoms with Gasteiger partial charge in [0.25, 0.3) is 11.5 Å². The van der Waals surface area contributed by atoms with E-state index in [4.69, 9.17) is 16.3 Å². The van der Waals surface area contributed by atoms with E-state index in [2.05, 4.69) is 10.3 Å². The molecule has 0 bridgehead atoms. The molecule has 0 saturated carbocycles. The van der Waals surface area contributed by atoms with Crippen LogP contribution in [0.4, 0.5) is 5.69 Å². The third-order valence-electron chi connectivity index (χ3n) is 5.98. The van der Waals surface area contributed by atoms with Crippen molar-refractivity contribution >= 4 is 40.6 Å². The maximum absolute atomic E-state index is 13.7. The molecule has 186 valence electrons. The average molecular weight is 532 g/mol. The average Bonchev–Trinajstić information content (AvgIpc) is 3.18. The summed E-state index contributed by atoms with van der Waals surface area (Å²) in [6.45, 7) is 1.77. The first-order valence-corrected chi connectivity index (χ1v) is 12.6. The van der Waals surface area contributed by atoms with Crippen LogP contribution in [-0.4, -0.2) is 22.7 Å². The lowest BCUT2D eigenvalue weighted by Gasteiger charge is -2.25. The fourth-order valence-corrected chi connectivity index (χ4v) is 5.41. The van der Waals surface area contributed by atoms with Gasteiger partial charge in [-0.05, 0) is 60.5 Å². The molecule has 5 rings (SSSR count). The number of methoxy groups -OCH3 is 1. The minimum absolute atomic E-state index is 0.0289. The lowest BCUT2D eigenvalue weighted by molar-refractivity contribution is -0.113. The van der Waals surface area contributed by atoms with Gasteiger partial charge < -0.3 is 15.2 Å². The third kappa shape index (κ3) is 4.81. The molecular weight excluding hydrogens is 510 g/mol. The highest BCUT2D eigenvalue weighted by Crippen LogP contribution is 2.31. The number of nitrogens with one attached hydrogen (secondary N) is 1. The fourth-order valence-electron chi connectivity index (χ4n) is 4.24. The molecule has 1 aliphatic rings. The Hall–Kier alpha value is -4.14. The summed E-state index contributed by atoms with van der Waals surface area (Å²) in [5.74, 6) is -0.0356. The Bertz CT molecular complexity index is 1710. The van der Waals surface area contributed by atoms with Crippen LogP contribution in [0.3, 0.4) is 0 Å². The van der Waals surface area contributed by atoms with Gasteiger partial charge in [0.15, 0.2) is 16.3 Å². The van der Waals surface area contributed by atoms with Gasteiger partial charge in [-0.15, -0.1) is 0 Å². The van der Waals surface area contributed by atoms with E-state index in [0.29, 0.717) is 42.6 Å². The van der Waals surface area contributed by atoms with Crippen molar-refractivity contribution in [1.29, 1.82) is 0 Å². The van der Waals surface area contributed by atoms with Crippen LogP contribution in [0.25, 0.3) is 6.08 Å². The second kappa shape index (κ2) is 10.1. The summed E-state index contributed by atoms with van der Waals surface area (Å²) in [7, 11) is 1.47. The predicted molar refractivity (Wildman–Crippen MR) is 145 cm³/mol. The minimum Gasteiger partial charge on any atom is -0.504 e. The van der Waals surface area contributed by atoms with E-state index in [0.717, 1.165) is 5.56 Å². The molecule has 1 amide bonds. The Morgan fingerprint density at radius 1 is 1.14 bits per heavy atom. The van der Waals surface area contributed by atoms with Crippen LogP contribution in [-0.2, 0) is 4.79 Å². The Morgan fingerprint density at radius 2 is 1.86 bits per heavy atom. The standard InChI is InChI=1S/C28H22ClN3O4S/c1-16-24(26(34)31-20-6-4-3-5-7-20)25(18-9-11-19(29)12-10-18)32-27(35)23(37-28(32)30-16)15-17-8-13-22(36-2)21(33)14-17/h3-15,25,33H,1-2H3,(H,31,34)/b23-15-/t25-/m0/s1. The molecule has 0 saturated heterocycles. The number of fused-ring (bicyclic) bond motifs is 1. The van der Waals surface area contributed by atoms with Crippen LogP contribution in [0.15, 0.2) is 93.9 Å². The Kier molecular flexibility index (Phi) is 6.69. The van der Waals surface area contributed by atoms with Crippen LogP contribution < -0.4 is 24.9 Å². The van der Waals surface area contributed by atoms with E-state index in [1.807, 2.05) is 18.2 Å². The predicted octanol–water partition coefficient (Wildman–Crippen LogP) is 4.24. The molecule has 1 aromatic heterocycles. The maximum atomic E-state index is 13.7. The lowest BCUT2D eigenvalue weighted by Crippen LogP contribution is -2.40. The second-order valence-electron chi connectivity index (χ2n) is 8.38. The topological polar surface area (TPSA) is 92.9 Å². The van der Waals surface area contributed by atoms with Gasteiger partial charge in [-0.2, -0.15) is 0 Å². The summed E-state index contributed by atoms with van der Waals surface area (Å²) in [5.41, 5.74) is 2.59. The number of halogens is 1. The molecule has 0 radical (unpaired) electrons. The van der Waals surface area contributed by atoms with Crippen molar-refractivity contribution in [3.05, 3.63) is 120 Å². The molecule has 0 aliphatic carbocycles. The van der Waals surface area contributed by atoms with Crippen LogP contribution in [0.2, 0.25) is 5.02 Å². The number of amides is 1. The van der Waals surface area contributed by atoms with Gasteiger partial charge in [-0.25, -0.2) is 4.99 Å². The maximum Gasteiger partial charge on any atom is 0.271 e. The first-order valence-electron chi connectivity index (χ1n) is 11.4. The molecule has 0 fully saturated rings. The number of rotatable bonds is 5. The number of phenols is 1. The van der Waals surface area contributed by atoms with E-state index in [1.165, 1.54) is 29.1 Å². The molecule has 37 heavy (non-hydrogen) atoms. The number of carbonyl (C=O) groups excluding carboxylic acids is 1. The largest absolute Gasteiger partial charge is 0.504 e. The highest BCUT2D eigenvalue weighted by Gasteiger charge is 2.32. The first-order chi connectivity index (χ1) is 17.9. The summed E-state index contributed by atoms with van der Waals surface area (Å²) in [6, 6.07) is 20.4. The van der Waals surface area contributed by atoms with Crippen LogP contribution in [0.1, 0.15) is 24.1 Å². The van der Waals surface area contributed by atoms with Gasteiger partial charge in [-0.1, -0.05) is 59.3 Å². The van der Waals surface area contributed by atoms with Gasteiger partial charge in [0, 0.05) is 10.7 Å². The number of allylic oxidation sites excluding steroid dienone is 1. The van der Waals surface area contributed by atoms with Gasteiger partial charge in [0.2, 0.25) is 0 Å². The van der Waals surface area contributed by atoms with E-state index in [9.17, 15) is 14.7 Å². The van der Waals surface area contributed by atoms with Crippen molar-refractivity contribution in [3.63, 3.8) is 0 Å². The number of benzene rings is 3. The number of thiazole rings is 1. The summed E-state index contributed by atoms with van der Waals surface area (Å²) < 4.78 is 7.06.